The van der Waals surface area contributed by atoms with E-state index in [9.17, 15) is 30.6 Å². The van der Waals surface area contributed by atoms with Crippen molar-refractivity contribution in [3.63, 3.8) is 0 Å². The van der Waals surface area contributed by atoms with E-state index in [0.717, 1.165) is 81.3 Å². The summed E-state index contributed by atoms with van der Waals surface area (Å²) >= 11 is 0. The fraction of sp³-hybridized carbons (Fsp3) is 0.368. The average Bonchev–Trinajstić information content (AvgIpc) is 3.24. The van der Waals surface area contributed by atoms with E-state index in [1.54, 1.807) is 48.5 Å². The second-order valence-corrected chi connectivity index (χ2v) is 19.4. The lowest BCUT2D eigenvalue weighted by Crippen LogP contribution is -2.35. The molecule has 0 bridgehead atoms. The van der Waals surface area contributed by atoms with Crippen molar-refractivity contribution in [3.8, 4) is 34.5 Å². The molecule has 6 nitrogen and oxygen atoms in total. The SMILES string of the molecule is CCC(CC)(Cc1cc(O)ccc1C(C)(C)c1ccc(O)cc1C(CC)(CC)Cc1cc(O)ccc1C(C)(C)c1ccc(O)cc1)c1cc(O)ccc1C(C)(C)c1ccc(O)cc1. The fourth-order valence-corrected chi connectivity index (χ4v) is 10.6. The van der Waals surface area contributed by atoms with E-state index in [1.165, 1.54) is 0 Å². The van der Waals surface area contributed by atoms with E-state index in [1.807, 2.05) is 66.7 Å². The first-order chi connectivity index (χ1) is 29.7. The molecule has 0 atom stereocenters. The van der Waals surface area contributed by atoms with E-state index in [4.69, 9.17) is 0 Å². The van der Waals surface area contributed by atoms with Crippen molar-refractivity contribution in [2.24, 2.45) is 0 Å². The predicted octanol–water partition coefficient (Wildman–Crippen LogP) is 13.5. The predicted molar refractivity (Wildman–Crippen MR) is 257 cm³/mol. The van der Waals surface area contributed by atoms with Crippen LogP contribution in [0.1, 0.15) is 151 Å². The van der Waals surface area contributed by atoms with Crippen molar-refractivity contribution in [3.05, 3.63) is 177 Å². The van der Waals surface area contributed by atoms with Gasteiger partial charge >= 0.3 is 0 Å². The third-order valence-electron chi connectivity index (χ3n) is 15.0. The Morgan fingerprint density at radius 2 is 0.571 bits per heavy atom. The Morgan fingerprint density at radius 1 is 0.302 bits per heavy atom. The van der Waals surface area contributed by atoms with Gasteiger partial charge in [-0.05, 0) is 178 Å². The Bertz CT molecular complexity index is 2540. The van der Waals surface area contributed by atoms with E-state index in [-0.39, 0.29) is 34.5 Å². The van der Waals surface area contributed by atoms with Crippen LogP contribution in [0, 0.1) is 0 Å². The number of phenols is 6. The van der Waals surface area contributed by atoms with Crippen LogP contribution in [-0.4, -0.2) is 30.6 Å². The Balaban J connectivity index is 1.50. The number of phenolic OH excluding ortho intramolecular Hbond substituents is 6. The van der Waals surface area contributed by atoms with Crippen LogP contribution in [0.5, 0.6) is 34.5 Å². The van der Waals surface area contributed by atoms with Crippen molar-refractivity contribution in [1.82, 2.24) is 0 Å². The third-order valence-corrected chi connectivity index (χ3v) is 15.0. The van der Waals surface area contributed by atoms with Crippen LogP contribution in [0.3, 0.4) is 0 Å². The summed E-state index contributed by atoms with van der Waals surface area (Å²) in [6.45, 7) is 22.0. The van der Waals surface area contributed by atoms with E-state index >= 15 is 0 Å². The lowest BCUT2D eigenvalue weighted by molar-refractivity contribution is 0.371. The molecular weight excluding hydrogens is 781 g/mol. The first-order valence-corrected chi connectivity index (χ1v) is 22.6. The molecule has 6 aromatic rings. The van der Waals surface area contributed by atoms with Crippen LogP contribution in [0.15, 0.2) is 121 Å². The lowest BCUT2D eigenvalue weighted by Gasteiger charge is -2.42. The molecule has 6 rings (SSSR count). The van der Waals surface area contributed by atoms with Gasteiger partial charge in [-0.3, -0.25) is 0 Å². The minimum atomic E-state index is -0.616. The van der Waals surface area contributed by atoms with Gasteiger partial charge < -0.3 is 30.6 Å². The van der Waals surface area contributed by atoms with Crippen molar-refractivity contribution in [2.75, 3.05) is 0 Å². The van der Waals surface area contributed by atoms with Gasteiger partial charge in [0.05, 0.1) is 0 Å². The Kier molecular flexibility index (Phi) is 13.1. The summed E-state index contributed by atoms with van der Waals surface area (Å²) in [4.78, 5) is 0. The summed E-state index contributed by atoms with van der Waals surface area (Å²) in [7, 11) is 0. The quantitative estimate of drug-likeness (QED) is 0.0577. The summed E-state index contributed by atoms with van der Waals surface area (Å²) in [5.41, 5.74) is 8.07. The average molecular weight is 849 g/mol. The van der Waals surface area contributed by atoms with Gasteiger partial charge in [0.2, 0.25) is 0 Å². The summed E-state index contributed by atoms with van der Waals surface area (Å²) in [5, 5.41) is 64.9. The van der Waals surface area contributed by atoms with Gasteiger partial charge in [-0.15, -0.1) is 0 Å². The van der Waals surface area contributed by atoms with Crippen LogP contribution in [0.25, 0.3) is 0 Å². The number of aromatic hydroxyl groups is 6. The molecule has 0 spiro atoms. The zero-order valence-electron chi connectivity index (χ0n) is 39.0. The van der Waals surface area contributed by atoms with E-state index < -0.39 is 27.1 Å². The number of hydrogen-bond acceptors (Lipinski definition) is 6. The molecule has 0 saturated carbocycles. The van der Waals surface area contributed by atoms with Gasteiger partial charge in [0, 0.05) is 16.2 Å². The minimum absolute atomic E-state index is 0.182. The van der Waals surface area contributed by atoms with Gasteiger partial charge in [0.15, 0.2) is 0 Å². The number of hydrogen-bond donors (Lipinski definition) is 6. The molecule has 0 aromatic heterocycles. The Hall–Kier alpha value is -5.88. The van der Waals surface area contributed by atoms with Crippen LogP contribution in [0.2, 0.25) is 0 Å². The molecular formula is C57H68O6. The maximum atomic E-state index is 11.3. The normalized spacial score (nSPS) is 12.7. The van der Waals surface area contributed by atoms with Crippen molar-refractivity contribution >= 4 is 0 Å². The zero-order valence-corrected chi connectivity index (χ0v) is 39.0. The zero-order chi connectivity index (χ0) is 46.1. The first kappa shape index (κ1) is 46.6. The van der Waals surface area contributed by atoms with Crippen molar-refractivity contribution in [2.45, 2.75) is 135 Å². The number of rotatable bonds is 16. The molecule has 0 aliphatic heterocycles. The fourth-order valence-electron chi connectivity index (χ4n) is 10.6. The number of benzene rings is 6. The molecule has 6 aromatic carbocycles. The molecule has 63 heavy (non-hydrogen) atoms. The third kappa shape index (κ3) is 8.87. The van der Waals surface area contributed by atoms with Gasteiger partial charge in [0.25, 0.3) is 0 Å². The van der Waals surface area contributed by atoms with Gasteiger partial charge in [0.1, 0.15) is 34.5 Å². The van der Waals surface area contributed by atoms with E-state index in [0.29, 0.717) is 12.8 Å². The smallest absolute Gasteiger partial charge is 0.115 e. The minimum Gasteiger partial charge on any atom is -0.508 e. The molecule has 0 unspecified atom stereocenters. The van der Waals surface area contributed by atoms with Crippen LogP contribution < -0.4 is 0 Å². The monoisotopic (exact) mass is 849 g/mol. The summed E-state index contributed by atoms with van der Waals surface area (Å²) in [5.74, 6) is 1.18. The van der Waals surface area contributed by atoms with Crippen LogP contribution >= 0.6 is 0 Å². The Morgan fingerprint density at radius 3 is 0.921 bits per heavy atom. The molecule has 0 aliphatic rings. The summed E-state index contributed by atoms with van der Waals surface area (Å²) < 4.78 is 0. The van der Waals surface area contributed by atoms with Gasteiger partial charge in [-0.1, -0.05) is 118 Å². The van der Waals surface area contributed by atoms with Crippen molar-refractivity contribution < 1.29 is 30.6 Å². The molecule has 0 aliphatic carbocycles. The maximum absolute atomic E-state index is 11.3. The highest BCUT2D eigenvalue weighted by Crippen LogP contribution is 2.50. The molecule has 0 amide bonds. The lowest BCUT2D eigenvalue weighted by atomic mass is 9.62. The molecule has 0 fully saturated rings. The molecule has 6 heteroatoms. The second kappa shape index (κ2) is 17.7. The maximum Gasteiger partial charge on any atom is 0.115 e. The largest absolute Gasteiger partial charge is 0.508 e. The molecule has 0 saturated heterocycles. The summed E-state index contributed by atoms with van der Waals surface area (Å²) in [6.07, 6.45) is 4.26. The van der Waals surface area contributed by atoms with Gasteiger partial charge in [-0.25, -0.2) is 0 Å². The standard InChI is InChI=1S/C57H68O6/c1-11-56(12-2,51-33-45(62)25-29-49(51)54(7,8)40-17-21-42(59)22-18-40)36-38-32-44(61)24-28-48(38)55(9,10)50-30-26-46(63)34-52(50)57(13-3,14-4)35-37-31-43(60)23-27-47(37)53(5,6)39-15-19-41(58)20-16-39/h15-34,58-63H,11-14,35-36H2,1-10H3. The van der Waals surface area contributed by atoms with Crippen molar-refractivity contribution in [1.29, 1.82) is 0 Å². The molecule has 0 heterocycles. The first-order valence-electron chi connectivity index (χ1n) is 22.6. The molecule has 6 N–H and O–H groups in total. The highest BCUT2D eigenvalue weighted by atomic mass is 16.3. The Labute approximate surface area is 375 Å². The highest BCUT2D eigenvalue weighted by Gasteiger charge is 2.41. The second-order valence-electron chi connectivity index (χ2n) is 19.4. The summed E-state index contributed by atoms with van der Waals surface area (Å²) in [6, 6.07) is 37.5. The topological polar surface area (TPSA) is 121 Å². The van der Waals surface area contributed by atoms with E-state index in [2.05, 4.69) is 75.3 Å². The molecule has 0 radical (unpaired) electrons. The van der Waals surface area contributed by atoms with Crippen LogP contribution in [0.4, 0.5) is 0 Å². The highest BCUT2D eigenvalue weighted by molar-refractivity contribution is 5.56. The van der Waals surface area contributed by atoms with Gasteiger partial charge in [-0.2, -0.15) is 0 Å². The molecule has 332 valence electrons. The van der Waals surface area contributed by atoms with Crippen LogP contribution in [-0.2, 0) is 39.9 Å².